The van der Waals surface area contributed by atoms with Crippen LogP contribution in [0.1, 0.15) is 127 Å². The van der Waals surface area contributed by atoms with Crippen LogP contribution in [0.5, 0.6) is 0 Å². The first-order chi connectivity index (χ1) is 25.3. The van der Waals surface area contributed by atoms with Crippen LogP contribution in [0.25, 0.3) is 66.5 Å². The van der Waals surface area contributed by atoms with Crippen LogP contribution >= 0.6 is 0 Å². The van der Waals surface area contributed by atoms with E-state index in [0.29, 0.717) is 35.5 Å². The van der Waals surface area contributed by atoms with Crippen LogP contribution in [-0.4, -0.2) is 15.0 Å². The van der Waals surface area contributed by atoms with E-state index in [9.17, 15) is 0 Å². The summed E-state index contributed by atoms with van der Waals surface area (Å²) in [5.74, 6) is 3.48. The molecule has 4 aromatic carbocycles. The third-order valence-corrected chi connectivity index (χ3v) is 14.4. The lowest BCUT2D eigenvalue weighted by atomic mass is 9.79. The van der Waals surface area contributed by atoms with Gasteiger partial charge in [-0.3, -0.25) is 0 Å². The SMILES string of the molecule is c1ccc(-c2nc3c(c4c2C2CCC4C2)c2nc(-c4ccccc4)c4c(c2c2nc(-c5ccccc5)c5c(c32)C2CCC5C2)C2CCC4C2)cc1. The zero-order valence-corrected chi connectivity index (χ0v) is 28.8. The van der Waals surface area contributed by atoms with Crippen molar-refractivity contribution in [2.45, 2.75) is 93.3 Å². The highest BCUT2D eigenvalue weighted by Crippen LogP contribution is 2.64. The highest BCUT2D eigenvalue weighted by molar-refractivity contribution is 6.26. The molecule has 3 heteroatoms. The van der Waals surface area contributed by atoms with Crippen LogP contribution < -0.4 is 0 Å². The van der Waals surface area contributed by atoms with E-state index < -0.39 is 0 Å². The van der Waals surface area contributed by atoms with E-state index in [1.807, 2.05) is 0 Å². The van der Waals surface area contributed by atoms with Crippen LogP contribution in [0.2, 0.25) is 0 Å². The van der Waals surface area contributed by atoms with Gasteiger partial charge in [-0.2, -0.15) is 0 Å². The summed E-state index contributed by atoms with van der Waals surface area (Å²) < 4.78 is 0. The van der Waals surface area contributed by atoms with Crippen molar-refractivity contribution in [3.8, 4) is 33.8 Å². The number of rotatable bonds is 3. The summed E-state index contributed by atoms with van der Waals surface area (Å²) in [6.45, 7) is 0. The van der Waals surface area contributed by atoms with Gasteiger partial charge in [0.2, 0.25) is 0 Å². The zero-order chi connectivity index (χ0) is 32.9. The Morgan fingerprint density at radius 1 is 0.314 bits per heavy atom. The molecular formula is C48H39N3. The maximum atomic E-state index is 5.94. The lowest BCUT2D eigenvalue weighted by Crippen LogP contribution is -2.11. The van der Waals surface area contributed by atoms with Crippen LogP contribution in [0.4, 0.5) is 0 Å². The topological polar surface area (TPSA) is 38.7 Å². The fraction of sp³-hybridized carbons (Fsp3) is 0.312. The number of nitrogens with zero attached hydrogens (tertiary/aromatic N) is 3. The summed E-state index contributed by atoms with van der Waals surface area (Å²) >= 11 is 0. The van der Waals surface area contributed by atoms with Gasteiger partial charge < -0.3 is 0 Å². The fourth-order valence-electron chi connectivity index (χ4n) is 12.6. The number of fused-ring (bicyclic) bond motifs is 24. The summed E-state index contributed by atoms with van der Waals surface area (Å²) in [7, 11) is 0. The molecule has 246 valence electrons. The third kappa shape index (κ3) is 3.53. The maximum absolute atomic E-state index is 5.94. The maximum Gasteiger partial charge on any atom is 0.0831 e. The Balaban J connectivity index is 1.30. The minimum absolute atomic E-state index is 0.575. The van der Waals surface area contributed by atoms with Crippen molar-refractivity contribution in [2.75, 3.05) is 0 Å². The van der Waals surface area contributed by atoms with E-state index in [1.165, 1.54) is 141 Å². The molecular weight excluding hydrogens is 619 g/mol. The van der Waals surface area contributed by atoms with Crippen LogP contribution in [0.3, 0.4) is 0 Å². The van der Waals surface area contributed by atoms with E-state index in [4.69, 9.17) is 15.0 Å². The van der Waals surface area contributed by atoms with E-state index in [-0.39, 0.29) is 0 Å². The van der Waals surface area contributed by atoms with E-state index >= 15 is 0 Å². The van der Waals surface area contributed by atoms with Gasteiger partial charge in [-0.25, -0.2) is 15.0 Å². The molecule has 3 aromatic heterocycles. The molecule has 3 saturated carbocycles. The lowest BCUT2D eigenvalue weighted by Gasteiger charge is -2.28. The quantitative estimate of drug-likeness (QED) is 0.178. The van der Waals surface area contributed by atoms with Crippen molar-refractivity contribution in [2.24, 2.45) is 0 Å². The first kappa shape index (κ1) is 27.8. The average Bonchev–Trinajstić information content (AvgIpc) is 4.07. The van der Waals surface area contributed by atoms with Gasteiger partial charge in [0.25, 0.3) is 0 Å². The van der Waals surface area contributed by atoms with Gasteiger partial charge in [-0.05, 0) is 127 Å². The highest BCUT2D eigenvalue weighted by atomic mass is 14.8. The van der Waals surface area contributed by atoms with Crippen LogP contribution in [-0.2, 0) is 0 Å². The molecule has 6 unspecified atom stereocenters. The Hall–Kier alpha value is -4.89. The first-order valence-corrected chi connectivity index (χ1v) is 19.7. The molecule has 6 aliphatic carbocycles. The minimum Gasteiger partial charge on any atom is -0.247 e. The van der Waals surface area contributed by atoms with E-state index in [2.05, 4.69) is 91.0 Å². The molecule has 0 amide bonds. The summed E-state index contributed by atoms with van der Waals surface area (Å²) in [5.41, 5.74) is 20.3. The molecule has 0 radical (unpaired) electrons. The number of hydrogen-bond donors (Lipinski definition) is 0. The molecule has 0 saturated heterocycles. The summed E-state index contributed by atoms with van der Waals surface area (Å²) in [4.78, 5) is 17.8. The molecule has 3 fully saturated rings. The molecule has 6 atom stereocenters. The Morgan fingerprint density at radius 3 is 0.843 bits per heavy atom. The van der Waals surface area contributed by atoms with Crippen molar-refractivity contribution >= 4 is 32.7 Å². The fourth-order valence-corrected chi connectivity index (χ4v) is 12.6. The van der Waals surface area contributed by atoms with E-state index in [1.54, 1.807) is 16.7 Å². The third-order valence-electron chi connectivity index (χ3n) is 14.4. The van der Waals surface area contributed by atoms with Gasteiger partial charge in [-0.1, -0.05) is 91.0 Å². The molecule has 6 bridgehead atoms. The standard InChI is InChI=1S/C48H39N3/c1-4-10-25(11-5-1)43-37-31-19-16-28(22-31)34(37)40-46(49-43)41-35-29-17-20-32(23-29)38(35)44(26-12-6-2-7-13-26)51-48(41)42-36-30-18-21-33(24-30)39(36)45(50-47(40)42)27-14-8-3-9-15-27/h1-15,28-33H,16-24H2. The van der Waals surface area contributed by atoms with Gasteiger partial charge in [-0.15, -0.1) is 0 Å². The predicted molar refractivity (Wildman–Crippen MR) is 207 cm³/mol. The van der Waals surface area contributed by atoms with Gasteiger partial charge >= 0.3 is 0 Å². The van der Waals surface area contributed by atoms with Crippen molar-refractivity contribution in [1.29, 1.82) is 0 Å². The number of pyridine rings is 3. The molecule has 3 heterocycles. The zero-order valence-electron chi connectivity index (χ0n) is 28.8. The Labute approximate surface area is 298 Å². The van der Waals surface area contributed by atoms with Crippen molar-refractivity contribution < 1.29 is 0 Å². The molecule has 3 nitrogen and oxygen atoms in total. The van der Waals surface area contributed by atoms with Crippen molar-refractivity contribution in [1.82, 2.24) is 15.0 Å². The molecule has 0 N–H and O–H groups in total. The second-order valence-corrected chi connectivity index (χ2v) is 16.8. The molecule has 0 spiro atoms. The summed E-state index contributed by atoms with van der Waals surface area (Å²) in [6, 6.07) is 33.3. The molecule has 13 rings (SSSR count). The average molecular weight is 658 g/mol. The predicted octanol–water partition coefficient (Wildman–Crippen LogP) is 12.4. The van der Waals surface area contributed by atoms with Gasteiger partial charge in [0.05, 0.1) is 33.6 Å². The minimum atomic E-state index is 0.575. The Kier molecular flexibility index (Phi) is 5.40. The molecule has 6 aliphatic rings. The molecule has 51 heavy (non-hydrogen) atoms. The van der Waals surface area contributed by atoms with Gasteiger partial charge in [0.1, 0.15) is 0 Å². The van der Waals surface area contributed by atoms with Gasteiger partial charge in [0.15, 0.2) is 0 Å². The van der Waals surface area contributed by atoms with Gasteiger partial charge in [0, 0.05) is 32.8 Å². The Morgan fingerprint density at radius 2 is 0.569 bits per heavy atom. The smallest absolute Gasteiger partial charge is 0.0831 e. The summed E-state index contributed by atoms with van der Waals surface area (Å²) in [5, 5.41) is 4.13. The second-order valence-electron chi connectivity index (χ2n) is 16.8. The summed E-state index contributed by atoms with van der Waals surface area (Å²) in [6.07, 6.45) is 11.4. The normalized spacial score (nSPS) is 26.1. The molecule has 0 aliphatic heterocycles. The van der Waals surface area contributed by atoms with Crippen molar-refractivity contribution in [3.63, 3.8) is 0 Å². The number of benzene rings is 4. The van der Waals surface area contributed by atoms with Crippen LogP contribution in [0.15, 0.2) is 91.0 Å². The largest absolute Gasteiger partial charge is 0.247 e. The van der Waals surface area contributed by atoms with Crippen molar-refractivity contribution in [3.05, 3.63) is 124 Å². The molecule has 7 aromatic rings. The second kappa shape index (κ2) is 9.91. The Bertz CT molecular complexity index is 2320. The monoisotopic (exact) mass is 657 g/mol. The van der Waals surface area contributed by atoms with E-state index in [0.717, 1.165) is 0 Å². The van der Waals surface area contributed by atoms with Crippen LogP contribution in [0, 0.1) is 0 Å². The number of hydrogen-bond acceptors (Lipinski definition) is 3. The first-order valence-electron chi connectivity index (χ1n) is 19.7. The number of aromatic nitrogens is 3. The highest BCUT2D eigenvalue weighted by Gasteiger charge is 2.47. The lowest BCUT2D eigenvalue weighted by molar-refractivity contribution is 0.718.